The van der Waals surface area contributed by atoms with Gasteiger partial charge in [0.25, 0.3) is 5.91 Å². The predicted octanol–water partition coefficient (Wildman–Crippen LogP) is 3.58. The van der Waals surface area contributed by atoms with Gasteiger partial charge in [-0.2, -0.15) is 0 Å². The molecule has 1 N–H and O–H groups in total. The van der Waals surface area contributed by atoms with Gasteiger partial charge in [0.1, 0.15) is 11.4 Å². The third-order valence-electron chi connectivity index (χ3n) is 8.16. The molecule has 2 aliphatic heterocycles. The molecule has 5 rings (SSSR count). The van der Waals surface area contributed by atoms with E-state index >= 15 is 0 Å². The van der Waals surface area contributed by atoms with E-state index in [2.05, 4.69) is 17.6 Å². The van der Waals surface area contributed by atoms with Crippen LogP contribution in [0.25, 0.3) is 18.0 Å². The lowest BCUT2D eigenvalue weighted by atomic mass is 9.96. The molecule has 2 unspecified atom stereocenters. The molecule has 0 spiro atoms. The number of hydrogen-bond acceptors (Lipinski definition) is 4. The van der Waals surface area contributed by atoms with E-state index < -0.39 is 11.4 Å². The fourth-order valence-corrected chi connectivity index (χ4v) is 6.11. The molecule has 204 valence electrons. The normalized spacial score (nSPS) is 22.3. The summed E-state index contributed by atoms with van der Waals surface area (Å²) >= 11 is 0. The molecule has 1 aliphatic carbocycles. The molecule has 2 fully saturated rings. The van der Waals surface area contributed by atoms with E-state index in [0.717, 1.165) is 37.8 Å². The van der Waals surface area contributed by atoms with Crippen LogP contribution in [0.1, 0.15) is 69.3 Å². The highest BCUT2D eigenvalue weighted by Crippen LogP contribution is 2.45. The first-order valence-corrected chi connectivity index (χ1v) is 13.6. The van der Waals surface area contributed by atoms with Gasteiger partial charge < -0.3 is 24.4 Å². The summed E-state index contributed by atoms with van der Waals surface area (Å²) in [6.45, 7) is 11.8. The highest BCUT2D eigenvalue weighted by atomic mass is 19.1. The minimum Gasteiger partial charge on any atom is -0.444 e. The zero-order valence-corrected chi connectivity index (χ0v) is 23.3. The Morgan fingerprint density at radius 2 is 1.84 bits per heavy atom. The monoisotopic (exact) mass is 522 g/mol. The second kappa shape index (κ2) is 9.79. The zero-order chi connectivity index (χ0) is 27.4. The number of likely N-dealkylation sites (tertiary alicyclic amines) is 1. The van der Waals surface area contributed by atoms with Crippen molar-refractivity contribution in [1.29, 1.82) is 0 Å². The van der Waals surface area contributed by atoms with Crippen molar-refractivity contribution in [2.24, 2.45) is 11.8 Å². The molecule has 1 aromatic heterocycles. The lowest BCUT2D eigenvalue weighted by Gasteiger charge is -2.25. The molecule has 0 radical (unpaired) electrons. The molecule has 1 saturated carbocycles. The third kappa shape index (κ3) is 4.93. The number of hydrogen-bond donors (Lipinski definition) is 1. The number of carbonyl (C=O) groups excluding carboxylic acids is 2. The number of rotatable bonds is 4. The van der Waals surface area contributed by atoms with E-state index in [4.69, 9.17) is 4.74 Å². The van der Waals surface area contributed by atoms with Crippen molar-refractivity contribution in [3.8, 4) is 5.69 Å². The van der Waals surface area contributed by atoms with Gasteiger partial charge in [-0.3, -0.25) is 4.79 Å². The van der Waals surface area contributed by atoms with Gasteiger partial charge in [-0.15, -0.1) is 0 Å². The van der Waals surface area contributed by atoms with Crippen LogP contribution in [0, 0.1) is 17.7 Å². The SMILES string of the molecule is CC(C)N(C)C(=O)c1cc(F)ccc1-n1cc(C2CC3CN(C(=O)OC(C)(C)C)CC3C2)c2c1=CNCC=2. The lowest BCUT2D eigenvalue weighted by molar-refractivity contribution is 0.0279. The lowest BCUT2D eigenvalue weighted by Crippen LogP contribution is -2.38. The first kappa shape index (κ1) is 26.3. The number of carbonyl (C=O) groups is 2. The molecule has 2 amide bonds. The molecular weight excluding hydrogens is 483 g/mol. The van der Waals surface area contributed by atoms with Gasteiger partial charge in [0.2, 0.25) is 0 Å². The van der Waals surface area contributed by atoms with Gasteiger partial charge in [0, 0.05) is 50.3 Å². The molecule has 2 aromatic rings. The van der Waals surface area contributed by atoms with Crippen molar-refractivity contribution in [2.75, 3.05) is 26.7 Å². The molecular formula is C30H39FN4O3. The number of fused-ring (bicyclic) bond motifs is 2. The Bertz CT molecular complexity index is 1360. The van der Waals surface area contributed by atoms with E-state index in [-0.39, 0.29) is 18.0 Å². The number of aromatic nitrogens is 1. The van der Waals surface area contributed by atoms with Gasteiger partial charge in [-0.05, 0) is 89.0 Å². The molecule has 2 atom stereocenters. The summed E-state index contributed by atoms with van der Waals surface area (Å²) in [5.74, 6) is 0.618. The van der Waals surface area contributed by atoms with E-state index in [0.29, 0.717) is 29.0 Å². The fourth-order valence-electron chi connectivity index (χ4n) is 6.11. The van der Waals surface area contributed by atoms with Crippen LogP contribution in [0.2, 0.25) is 0 Å². The quantitative estimate of drug-likeness (QED) is 0.667. The van der Waals surface area contributed by atoms with Gasteiger partial charge in [0.15, 0.2) is 0 Å². The number of nitrogens with zero attached hydrogens (tertiary/aromatic N) is 3. The summed E-state index contributed by atoms with van der Waals surface area (Å²) in [6.07, 6.45) is 8.12. The highest BCUT2D eigenvalue weighted by Gasteiger charge is 2.44. The molecule has 38 heavy (non-hydrogen) atoms. The number of amides is 2. The van der Waals surface area contributed by atoms with Gasteiger partial charge in [0.05, 0.1) is 16.6 Å². The Morgan fingerprint density at radius 3 is 2.47 bits per heavy atom. The maximum Gasteiger partial charge on any atom is 0.410 e. The molecule has 3 aliphatic rings. The van der Waals surface area contributed by atoms with E-state index in [1.807, 2.05) is 50.3 Å². The third-order valence-corrected chi connectivity index (χ3v) is 8.16. The summed E-state index contributed by atoms with van der Waals surface area (Å²) in [6, 6.07) is 4.45. The summed E-state index contributed by atoms with van der Waals surface area (Å²) in [4.78, 5) is 29.5. The number of benzene rings is 1. The highest BCUT2D eigenvalue weighted by molar-refractivity contribution is 5.98. The first-order chi connectivity index (χ1) is 17.9. The predicted molar refractivity (Wildman–Crippen MR) is 146 cm³/mol. The topological polar surface area (TPSA) is 66.8 Å². The largest absolute Gasteiger partial charge is 0.444 e. The number of halogens is 1. The van der Waals surface area contributed by atoms with Crippen LogP contribution < -0.4 is 15.9 Å². The van der Waals surface area contributed by atoms with Crippen molar-refractivity contribution in [2.45, 2.75) is 65.0 Å². The smallest absolute Gasteiger partial charge is 0.410 e. The minimum absolute atomic E-state index is 0.00698. The Labute approximate surface area is 223 Å². The molecule has 1 saturated heterocycles. The second-order valence-corrected chi connectivity index (χ2v) is 12.3. The average molecular weight is 523 g/mol. The Morgan fingerprint density at radius 1 is 1.16 bits per heavy atom. The minimum atomic E-state index is -0.496. The van der Waals surface area contributed by atoms with Crippen LogP contribution in [0.4, 0.5) is 9.18 Å². The van der Waals surface area contributed by atoms with Crippen LogP contribution >= 0.6 is 0 Å². The molecule has 7 nitrogen and oxygen atoms in total. The van der Waals surface area contributed by atoms with E-state index in [1.54, 1.807) is 18.0 Å². The fraction of sp³-hybridized carbons (Fsp3) is 0.533. The van der Waals surface area contributed by atoms with Gasteiger partial charge >= 0.3 is 6.09 Å². The van der Waals surface area contributed by atoms with Gasteiger partial charge in [-0.25, -0.2) is 9.18 Å². The summed E-state index contributed by atoms with van der Waals surface area (Å²) in [7, 11) is 1.75. The van der Waals surface area contributed by atoms with Crippen molar-refractivity contribution >= 4 is 24.3 Å². The number of ether oxygens (including phenoxy) is 1. The van der Waals surface area contributed by atoms with Crippen LogP contribution in [-0.4, -0.2) is 64.7 Å². The maximum absolute atomic E-state index is 14.3. The molecule has 3 heterocycles. The van der Waals surface area contributed by atoms with Crippen molar-refractivity contribution in [1.82, 2.24) is 19.7 Å². The van der Waals surface area contributed by atoms with Crippen molar-refractivity contribution in [3.05, 3.63) is 51.9 Å². The molecule has 8 heteroatoms. The Kier molecular flexibility index (Phi) is 6.78. The van der Waals surface area contributed by atoms with E-state index in [1.165, 1.54) is 22.9 Å². The standard InChI is InChI=1S/C30H39FN4O3/c1-18(2)33(6)28(36)24-13-22(31)7-8-26(24)35-17-25(23-9-10-32-14-27(23)35)19-11-20-15-34(16-21(20)12-19)29(37)38-30(3,4)5/h7-9,13-14,17-21,32H,10-12,15-16H2,1-6H3. The summed E-state index contributed by atoms with van der Waals surface area (Å²) in [5.41, 5.74) is 1.79. The van der Waals surface area contributed by atoms with Crippen LogP contribution in [0.5, 0.6) is 0 Å². The van der Waals surface area contributed by atoms with E-state index in [9.17, 15) is 14.0 Å². The van der Waals surface area contributed by atoms with Crippen LogP contribution in [-0.2, 0) is 4.74 Å². The Hall–Kier alpha value is -3.29. The Balaban J connectivity index is 1.45. The van der Waals surface area contributed by atoms with Crippen LogP contribution in [0.15, 0.2) is 24.4 Å². The van der Waals surface area contributed by atoms with Crippen LogP contribution in [0.3, 0.4) is 0 Å². The summed E-state index contributed by atoms with van der Waals surface area (Å²) in [5, 5.41) is 5.46. The van der Waals surface area contributed by atoms with Crippen molar-refractivity contribution < 1.29 is 18.7 Å². The average Bonchev–Trinajstić information content (AvgIpc) is 3.53. The molecule has 1 aromatic carbocycles. The maximum atomic E-state index is 14.3. The second-order valence-electron chi connectivity index (χ2n) is 12.3. The zero-order valence-electron chi connectivity index (χ0n) is 23.3. The molecule has 0 bridgehead atoms. The summed E-state index contributed by atoms with van der Waals surface area (Å²) < 4.78 is 22.0. The van der Waals surface area contributed by atoms with Gasteiger partial charge in [-0.1, -0.05) is 6.08 Å². The number of nitrogens with one attached hydrogen (secondary N) is 1. The first-order valence-electron chi connectivity index (χ1n) is 13.6. The van der Waals surface area contributed by atoms with Crippen molar-refractivity contribution in [3.63, 3.8) is 0 Å².